The van der Waals surface area contributed by atoms with Crippen molar-refractivity contribution in [1.29, 1.82) is 0 Å². The number of rotatable bonds is 3. The molecule has 1 atom stereocenters. The quantitative estimate of drug-likeness (QED) is 0.787. The summed E-state index contributed by atoms with van der Waals surface area (Å²) in [6.07, 6.45) is 0. The second kappa shape index (κ2) is 4.79. The molecule has 0 spiro atoms. The molecule has 1 aromatic carbocycles. The molecule has 19 heavy (non-hydrogen) atoms. The fraction of sp³-hybridized carbons (Fsp3) is 0.267. The fourth-order valence-electron chi connectivity index (χ4n) is 2.36. The molecule has 1 unspecified atom stereocenters. The summed E-state index contributed by atoms with van der Waals surface area (Å²) in [5, 5.41) is 5.55. The van der Waals surface area contributed by atoms with Crippen LogP contribution in [-0.4, -0.2) is 12.0 Å². The fourth-order valence-corrected chi connectivity index (χ4v) is 3.41. The third-order valence-corrected chi connectivity index (χ3v) is 4.36. The molecule has 3 rings (SSSR count). The molecular formula is C15H16N2OS. The van der Waals surface area contributed by atoms with Crippen molar-refractivity contribution in [3.05, 3.63) is 51.7 Å². The van der Waals surface area contributed by atoms with E-state index in [0.29, 0.717) is 0 Å². The molecule has 0 aliphatic rings. The van der Waals surface area contributed by atoms with Gasteiger partial charge < -0.3 is 9.73 Å². The molecule has 3 aromatic rings. The first-order valence-electron chi connectivity index (χ1n) is 6.28. The molecule has 2 heterocycles. The lowest BCUT2D eigenvalue weighted by Gasteiger charge is -2.11. The van der Waals surface area contributed by atoms with Crippen LogP contribution in [0.1, 0.15) is 27.4 Å². The molecule has 4 heteroatoms. The minimum Gasteiger partial charge on any atom is -0.459 e. The number of benzene rings is 1. The Morgan fingerprint density at radius 2 is 2.05 bits per heavy atom. The second-order valence-corrected chi connectivity index (χ2v) is 5.83. The Morgan fingerprint density at radius 1 is 1.26 bits per heavy atom. The average molecular weight is 272 g/mol. The lowest BCUT2D eigenvalue weighted by molar-refractivity contribution is 0.494. The van der Waals surface area contributed by atoms with Crippen LogP contribution in [0.2, 0.25) is 0 Å². The zero-order valence-electron chi connectivity index (χ0n) is 11.2. The van der Waals surface area contributed by atoms with E-state index in [1.54, 1.807) is 11.3 Å². The smallest absolute Gasteiger partial charge is 0.134 e. The van der Waals surface area contributed by atoms with E-state index in [4.69, 9.17) is 4.42 Å². The third-order valence-electron chi connectivity index (χ3n) is 3.22. The Balaban J connectivity index is 2.09. The highest BCUT2D eigenvalue weighted by molar-refractivity contribution is 7.11. The van der Waals surface area contributed by atoms with Gasteiger partial charge in [-0.25, -0.2) is 4.98 Å². The van der Waals surface area contributed by atoms with Crippen molar-refractivity contribution in [3.63, 3.8) is 0 Å². The molecule has 0 aliphatic heterocycles. The summed E-state index contributed by atoms with van der Waals surface area (Å²) in [5.41, 5.74) is 2.00. The summed E-state index contributed by atoms with van der Waals surface area (Å²) >= 11 is 1.72. The first kappa shape index (κ1) is 12.4. The number of hydrogen-bond acceptors (Lipinski definition) is 4. The normalized spacial score (nSPS) is 13.0. The van der Waals surface area contributed by atoms with Gasteiger partial charge in [-0.3, -0.25) is 0 Å². The van der Waals surface area contributed by atoms with Gasteiger partial charge in [0.2, 0.25) is 0 Å². The molecule has 0 radical (unpaired) electrons. The van der Waals surface area contributed by atoms with E-state index in [1.807, 2.05) is 39.1 Å². The molecule has 0 amide bonds. The molecule has 2 aromatic heterocycles. The van der Waals surface area contributed by atoms with E-state index in [2.05, 4.69) is 22.4 Å². The van der Waals surface area contributed by atoms with E-state index in [0.717, 1.165) is 27.4 Å². The number of para-hydroxylation sites is 1. The van der Waals surface area contributed by atoms with Gasteiger partial charge in [-0.05, 0) is 33.0 Å². The van der Waals surface area contributed by atoms with Gasteiger partial charge >= 0.3 is 0 Å². The van der Waals surface area contributed by atoms with E-state index in [1.165, 1.54) is 4.88 Å². The summed E-state index contributed by atoms with van der Waals surface area (Å²) in [6, 6.07) is 10.3. The third kappa shape index (κ3) is 2.17. The molecule has 3 nitrogen and oxygen atoms in total. The Labute approximate surface area is 116 Å². The number of hydrogen-bond donors (Lipinski definition) is 1. The van der Waals surface area contributed by atoms with Crippen molar-refractivity contribution in [2.75, 3.05) is 7.05 Å². The standard InChI is InChI=1S/C15H16N2OS/c1-9-15(19-10(2)17-9)14(16-3)13-8-11-6-4-5-7-12(11)18-13/h4-8,14,16H,1-3H3. The van der Waals surface area contributed by atoms with E-state index in [9.17, 15) is 0 Å². The molecule has 0 saturated heterocycles. The monoisotopic (exact) mass is 272 g/mol. The van der Waals surface area contributed by atoms with E-state index in [-0.39, 0.29) is 6.04 Å². The Hall–Kier alpha value is -1.65. The molecule has 0 bridgehead atoms. The van der Waals surface area contributed by atoms with Crippen LogP contribution in [0.25, 0.3) is 11.0 Å². The van der Waals surface area contributed by atoms with Crippen molar-refractivity contribution in [2.45, 2.75) is 19.9 Å². The number of thiazole rings is 1. The molecule has 0 fully saturated rings. The van der Waals surface area contributed by atoms with E-state index >= 15 is 0 Å². The largest absolute Gasteiger partial charge is 0.459 e. The maximum Gasteiger partial charge on any atom is 0.134 e. The van der Waals surface area contributed by atoms with Crippen LogP contribution in [-0.2, 0) is 0 Å². The highest BCUT2D eigenvalue weighted by atomic mass is 32.1. The molecular weight excluding hydrogens is 256 g/mol. The van der Waals surface area contributed by atoms with Crippen LogP contribution in [0, 0.1) is 13.8 Å². The van der Waals surface area contributed by atoms with Crippen molar-refractivity contribution < 1.29 is 4.42 Å². The number of nitrogens with zero attached hydrogens (tertiary/aromatic N) is 1. The summed E-state index contributed by atoms with van der Waals surface area (Å²) in [5.74, 6) is 0.940. The van der Waals surface area contributed by atoms with Gasteiger partial charge in [-0.2, -0.15) is 0 Å². The highest BCUT2D eigenvalue weighted by Crippen LogP contribution is 2.32. The van der Waals surface area contributed by atoms with Crippen LogP contribution in [0.15, 0.2) is 34.7 Å². The molecule has 0 aliphatic carbocycles. The number of furan rings is 1. The molecule has 0 saturated carbocycles. The predicted octanol–water partition coefficient (Wildman–Crippen LogP) is 3.81. The lowest BCUT2D eigenvalue weighted by Crippen LogP contribution is -2.16. The number of aromatic nitrogens is 1. The maximum atomic E-state index is 5.96. The van der Waals surface area contributed by atoms with Gasteiger partial charge in [0.1, 0.15) is 17.4 Å². The van der Waals surface area contributed by atoms with Gasteiger partial charge in [-0.1, -0.05) is 18.2 Å². The van der Waals surface area contributed by atoms with Crippen LogP contribution < -0.4 is 5.32 Å². The maximum absolute atomic E-state index is 5.96. The highest BCUT2D eigenvalue weighted by Gasteiger charge is 2.21. The molecule has 98 valence electrons. The lowest BCUT2D eigenvalue weighted by atomic mass is 10.1. The first-order valence-corrected chi connectivity index (χ1v) is 7.10. The summed E-state index contributed by atoms with van der Waals surface area (Å²) in [7, 11) is 1.95. The molecule has 1 N–H and O–H groups in total. The zero-order valence-corrected chi connectivity index (χ0v) is 12.0. The minimum absolute atomic E-state index is 0.0681. The van der Waals surface area contributed by atoms with Gasteiger partial charge in [-0.15, -0.1) is 11.3 Å². The van der Waals surface area contributed by atoms with Crippen LogP contribution in [0.4, 0.5) is 0 Å². The second-order valence-electron chi connectivity index (χ2n) is 4.59. The predicted molar refractivity (Wildman–Crippen MR) is 78.7 cm³/mol. The SMILES string of the molecule is CNC(c1cc2ccccc2o1)c1sc(C)nc1C. The van der Waals surface area contributed by atoms with Crippen molar-refractivity contribution in [2.24, 2.45) is 0 Å². The van der Waals surface area contributed by atoms with Gasteiger partial charge in [0.25, 0.3) is 0 Å². The van der Waals surface area contributed by atoms with Gasteiger partial charge in [0.15, 0.2) is 0 Å². The van der Waals surface area contributed by atoms with Crippen molar-refractivity contribution >= 4 is 22.3 Å². The van der Waals surface area contributed by atoms with Crippen molar-refractivity contribution in [1.82, 2.24) is 10.3 Å². The number of aryl methyl sites for hydroxylation is 2. The Kier molecular flexibility index (Phi) is 3.12. The topological polar surface area (TPSA) is 38.1 Å². The van der Waals surface area contributed by atoms with Gasteiger partial charge in [0, 0.05) is 5.39 Å². The zero-order chi connectivity index (χ0) is 13.4. The van der Waals surface area contributed by atoms with Crippen LogP contribution >= 0.6 is 11.3 Å². The minimum atomic E-state index is 0.0681. The first-order chi connectivity index (χ1) is 9.19. The van der Waals surface area contributed by atoms with E-state index < -0.39 is 0 Å². The Morgan fingerprint density at radius 3 is 2.68 bits per heavy atom. The average Bonchev–Trinajstić information content (AvgIpc) is 2.94. The number of nitrogens with one attached hydrogen (secondary N) is 1. The Bertz CT molecular complexity index is 681. The van der Waals surface area contributed by atoms with Crippen LogP contribution in [0.3, 0.4) is 0 Å². The van der Waals surface area contributed by atoms with Gasteiger partial charge in [0.05, 0.1) is 15.6 Å². The number of fused-ring (bicyclic) bond motifs is 1. The summed E-state index contributed by atoms with van der Waals surface area (Å²) in [6.45, 7) is 4.08. The van der Waals surface area contributed by atoms with Crippen molar-refractivity contribution in [3.8, 4) is 0 Å². The summed E-state index contributed by atoms with van der Waals surface area (Å²) < 4.78 is 5.96. The van der Waals surface area contributed by atoms with Crippen LogP contribution in [0.5, 0.6) is 0 Å². The summed E-state index contributed by atoms with van der Waals surface area (Å²) in [4.78, 5) is 5.72.